The molecule has 2 amide bonds. The van der Waals surface area contributed by atoms with Crippen molar-refractivity contribution in [2.45, 2.75) is 12.8 Å². The summed E-state index contributed by atoms with van der Waals surface area (Å²) in [6.45, 7) is 0. The quantitative estimate of drug-likeness (QED) is 0.388. The Morgan fingerprint density at radius 2 is 1.08 bits per heavy atom. The SMILES string of the molecule is O=C(CCSCCC(=O)NNc1ccccc1)NNc1ccccc1. The smallest absolute Gasteiger partial charge is 0.239 e. The largest absolute Gasteiger partial charge is 0.299 e. The number of rotatable bonds is 10. The lowest BCUT2D eigenvalue weighted by Gasteiger charge is -2.09. The molecule has 6 nitrogen and oxygen atoms in total. The van der Waals surface area contributed by atoms with E-state index >= 15 is 0 Å². The Morgan fingerprint density at radius 3 is 1.48 bits per heavy atom. The van der Waals surface area contributed by atoms with E-state index in [1.807, 2.05) is 60.7 Å². The first-order valence-corrected chi connectivity index (χ1v) is 9.17. The van der Waals surface area contributed by atoms with Crippen molar-refractivity contribution in [2.24, 2.45) is 0 Å². The molecule has 0 atom stereocenters. The van der Waals surface area contributed by atoms with Crippen LogP contribution in [0.5, 0.6) is 0 Å². The Balaban J connectivity index is 1.48. The molecule has 25 heavy (non-hydrogen) atoms. The molecule has 2 aromatic carbocycles. The molecule has 132 valence electrons. The number of thioether (sulfide) groups is 1. The zero-order valence-corrected chi connectivity index (χ0v) is 14.6. The van der Waals surface area contributed by atoms with Crippen molar-refractivity contribution >= 4 is 35.0 Å². The molecule has 0 aliphatic carbocycles. The van der Waals surface area contributed by atoms with Gasteiger partial charge in [0.05, 0.1) is 11.4 Å². The van der Waals surface area contributed by atoms with Crippen LogP contribution in [0.4, 0.5) is 11.4 Å². The Kier molecular flexibility index (Phi) is 8.20. The van der Waals surface area contributed by atoms with Gasteiger partial charge in [0.15, 0.2) is 0 Å². The van der Waals surface area contributed by atoms with Crippen molar-refractivity contribution in [2.75, 3.05) is 22.4 Å². The van der Waals surface area contributed by atoms with Gasteiger partial charge in [-0.05, 0) is 24.3 Å². The summed E-state index contributed by atoms with van der Waals surface area (Å²) < 4.78 is 0. The molecule has 0 aliphatic heterocycles. The van der Waals surface area contributed by atoms with E-state index in [9.17, 15) is 9.59 Å². The summed E-state index contributed by atoms with van der Waals surface area (Å²) in [5, 5.41) is 0. The molecule has 4 N–H and O–H groups in total. The van der Waals surface area contributed by atoms with Crippen molar-refractivity contribution in [1.29, 1.82) is 0 Å². The molecule has 0 fully saturated rings. The minimum absolute atomic E-state index is 0.0773. The first-order chi connectivity index (χ1) is 12.2. The summed E-state index contributed by atoms with van der Waals surface area (Å²) in [5.41, 5.74) is 12.7. The second-order valence-electron chi connectivity index (χ2n) is 5.19. The summed E-state index contributed by atoms with van der Waals surface area (Å²) >= 11 is 1.58. The third kappa shape index (κ3) is 8.12. The van der Waals surface area contributed by atoms with Crippen molar-refractivity contribution in [3.63, 3.8) is 0 Å². The normalized spacial score (nSPS) is 9.92. The maximum atomic E-state index is 11.7. The topological polar surface area (TPSA) is 82.3 Å². The van der Waals surface area contributed by atoms with Crippen LogP contribution < -0.4 is 21.7 Å². The lowest BCUT2D eigenvalue weighted by molar-refractivity contribution is -0.120. The number of para-hydroxylation sites is 2. The monoisotopic (exact) mass is 358 g/mol. The van der Waals surface area contributed by atoms with E-state index in [1.54, 1.807) is 11.8 Å². The van der Waals surface area contributed by atoms with Gasteiger partial charge in [-0.2, -0.15) is 11.8 Å². The van der Waals surface area contributed by atoms with Crippen LogP contribution in [-0.4, -0.2) is 23.3 Å². The van der Waals surface area contributed by atoms with Crippen LogP contribution in [0.3, 0.4) is 0 Å². The van der Waals surface area contributed by atoms with E-state index in [0.29, 0.717) is 24.3 Å². The van der Waals surface area contributed by atoms with Crippen LogP contribution in [0.2, 0.25) is 0 Å². The lowest BCUT2D eigenvalue weighted by Crippen LogP contribution is -2.30. The number of hydrogen-bond acceptors (Lipinski definition) is 5. The van der Waals surface area contributed by atoms with Crippen molar-refractivity contribution < 1.29 is 9.59 Å². The number of carbonyl (C=O) groups is 2. The predicted octanol–water partition coefficient (Wildman–Crippen LogP) is 2.79. The number of carbonyl (C=O) groups excluding carboxylic acids is 2. The van der Waals surface area contributed by atoms with E-state index in [2.05, 4.69) is 21.7 Å². The fraction of sp³-hybridized carbons (Fsp3) is 0.222. The molecule has 0 aromatic heterocycles. The zero-order valence-electron chi connectivity index (χ0n) is 13.8. The maximum Gasteiger partial charge on any atom is 0.239 e. The summed E-state index contributed by atoms with van der Waals surface area (Å²) in [6, 6.07) is 18.9. The second-order valence-corrected chi connectivity index (χ2v) is 6.42. The third-order valence-corrected chi connectivity index (χ3v) is 4.17. The molecule has 0 unspecified atom stereocenters. The Hall–Kier alpha value is -2.67. The highest BCUT2D eigenvalue weighted by atomic mass is 32.2. The second kappa shape index (κ2) is 11.0. The van der Waals surface area contributed by atoms with E-state index in [-0.39, 0.29) is 11.8 Å². The van der Waals surface area contributed by atoms with Gasteiger partial charge in [0, 0.05) is 24.3 Å². The van der Waals surface area contributed by atoms with Gasteiger partial charge in [0.2, 0.25) is 11.8 Å². The number of amides is 2. The number of hydrazine groups is 2. The third-order valence-electron chi connectivity index (χ3n) is 3.19. The molecule has 2 aromatic rings. The van der Waals surface area contributed by atoms with Crippen molar-refractivity contribution in [3.05, 3.63) is 60.7 Å². The molecule has 0 bridgehead atoms. The van der Waals surface area contributed by atoms with Gasteiger partial charge in [-0.25, -0.2) is 0 Å². The summed E-state index contributed by atoms with van der Waals surface area (Å²) in [6.07, 6.45) is 0.794. The highest BCUT2D eigenvalue weighted by Gasteiger charge is 2.03. The molecule has 2 rings (SSSR count). The van der Waals surface area contributed by atoms with E-state index in [1.165, 1.54) is 0 Å². The molecular weight excluding hydrogens is 336 g/mol. The van der Waals surface area contributed by atoms with Gasteiger partial charge in [0.1, 0.15) is 0 Å². The van der Waals surface area contributed by atoms with Crippen LogP contribution in [0, 0.1) is 0 Å². The molecule has 0 saturated heterocycles. The van der Waals surface area contributed by atoms with E-state index in [4.69, 9.17) is 0 Å². The highest BCUT2D eigenvalue weighted by Crippen LogP contribution is 2.06. The standard InChI is InChI=1S/C18H22N4O2S/c23-17(21-19-15-7-3-1-4-8-15)11-13-25-14-12-18(24)22-20-16-9-5-2-6-10-16/h1-10,19-20H,11-14H2,(H,21,23)(H,22,24). The average Bonchev–Trinajstić information content (AvgIpc) is 2.66. The summed E-state index contributed by atoms with van der Waals surface area (Å²) in [4.78, 5) is 23.4. The van der Waals surface area contributed by atoms with Crippen LogP contribution in [0.1, 0.15) is 12.8 Å². The van der Waals surface area contributed by atoms with Crippen LogP contribution in [0.25, 0.3) is 0 Å². The number of hydrogen-bond donors (Lipinski definition) is 4. The van der Waals surface area contributed by atoms with Gasteiger partial charge in [0.25, 0.3) is 0 Å². The first-order valence-electron chi connectivity index (χ1n) is 8.01. The van der Waals surface area contributed by atoms with Gasteiger partial charge >= 0.3 is 0 Å². The maximum absolute atomic E-state index is 11.7. The Bertz CT molecular complexity index is 595. The molecular formula is C18H22N4O2S. The summed E-state index contributed by atoms with van der Waals surface area (Å²) in [7, 11) is 0. The van der Waals surface area contributed by atoms with Gasteiger partial charge in [-0.15, -0.1) is 0 Å². The number of anilines is 2. The van der Waals surface area contributed by atoms with Gasteiger partial charge in [-0.3, -0.25) is 31.3 Å². The van der Waals surface area contributed by atoms with Crippen LogP contribution in [-0.2, 0) is 9.59 Å². The minimum atomic E-state index is -0.0773. The minimum Gasteiger partial charge on any atom is -0.299 e. The van der Waals surface area contributed by atoms with Gasteiger partial charge < -0.3 is 0 Å². The molecule has 0 radical (unpaired) electrons. The van der Waals surface area contributed by atoms with E-state index < -0.39 is 0 Å². The number of nitrogens with one attached hydrogen (secondary N) is 4. The molecule has 0 spiro atoms. The summed E-state index contributed by atoms with van der Waals surface area (Å²) in [5.74, 6) is 1.18. The fourth-order valence-electron chi connectivity index (χ4n) is 1.88. The van der Waals surface area contributed by atoms with Crippen molar-refractivity contribution in [1.82, 2.24) is 10.9 Å². The van der Waals surface area contributed by atoms with Crippen molar-refractivity contribution in [3.8, 4) is 0 Å². The Morgan fingerprint density at radius 1 is 0.680 bits per heavy atom. The fourth-order valence-corrected chi connectivity index (χ4v) is 2.75. The lowest BCUT2D eigenvalue weighted by atomic mass is 10.3. The van der Waals surface area contributed by atoms with E-state index in [0.717, 1.165) is 11.4 Å². The highest BCUT2D eigenvalue weighted by molar-refractivity contribution is 7.99. The number of benzene rings is 2. The molecule has 0 heterocycles. The van der Waals surface area contributed by atoms with Crippen LogP contribution >= 0.6 is 11.8 Å². The molecule has 0 aliphatic rings. The molecule has 0 saturated carbocycles. The average molecular weight is 358 g/mol. The molecule has 7 heteroatoms. The Labute approximate surface area is 151 Å². The predicted molar refractivity (Wildman–Crippen MR) is 103 cm³/mol. The zero-order chi connectivity index (χ0) is 17.7. The first kappa shape index (κ1) is 18.7. The van der Waals surface area contributed by atoms with Crippen LogP contribution in [0.15, 0.2) is 60.7 Å². The van der Waals surface area contributed by atoms with Gasteiger partial charge in [-0.1, -0.05) is 36.4 Å².